The number of hydrogen-bond donors (Lipinski definition) is 2. The number of nitrogens with one attached hydrogen (secondary N) is 1. The second-order valence-corrected chi connectivity index (χ2v) is 6.05. The van der Waals surface area contributed by atoms with Crippen molar-refractivity contribution >= 4 is 17.7 Å². The molecule has 0 saturated heterocycles. The van der Waals surface area contributed by atoms with Crippen molar-refractivity contribution in [3.05, 3.63) is 58.7 Å². The lowest BCUT2D eigenvalue weighted by molar-refractivity contribution is -0.132. The maximum atomic E-state index is 14.4. The minimum atomic E-state index is -1.65. The van der Waals surface area contributed by atoms with Gasteiger partial charge < -0.3 is 10.4 Å². The summed E-state index contributed by atoms with van der Waals surface area (Å²) in [7, 11) is 0. The van der Waals surface area contributed by atoms with Crippen molar-refractivity contribution in [1.82, 2.24) is 0 Å². The van der Waals surface area contributed by atoms with Crippen LogP contribution in [0.25, 0.3) is 17.2 Å². The van der Waals surface area contributed by atoms with Crippen LogP contribution in [0, 0.1) is 23.3 Å². The number of halogens is 4. The number of aliphatic carboxylic acids is 1. The highest BCUT2D eigenvalue weighted by Crippen LogP contribution is 2.33. The fourth-order valence-electron chi connectivity index (χ4n) is 2.37. The second-order valence-electron chi connectivity index (χ2n) is 6.05. The summed E-state index contributed by atoms with van der Waals surface area (Å²) < 4.78 is 57.2. The zero-order valence-electron chi connectivity index (χ0n) is 14.3. The molecule has 0 fully saturated rings. The third-order valence-electron chi connectivity index (χ3n) is 3.62. The number of benzene rings is 2. The van der Waals surface area contributed by atoms with Gasteiger partial charge in [-0.25, -0.2) is 22.4 Å². The number of carbonyl (C=O) groups is 1. The lowest BCUT2D eigenvalue weighted by Crippen LogP contribution is -2.09. The van der Waals surface area contributed by atoms with E-state index in [-0.39, 0.29) is 11.6 Å². The van der Waals surface area contributed by atoms with E-state index in [1.54, 1.807) is 0 Å². The molecule has 2 aromatic carbocycles. The van der Waals surface area contributed by atoms with Crippen molar-refractivity contribution in [1.29, 1.82) is 0 Å². The number of hydrogen-bond acceptors (Lipinski definition) is 2. The van der Waals surface area contributed by atoms with Crippen LogP contribution in [0.1, 0.15) is 26.3 Å². The van der Waals surface area contributed by atoms with Crippen LogP contribution >= 0.6 is 0 Å². The van der Waals surface area contributed by atoms with Crippen LogP contribution in [0.4, 0.5) is 23.2 Å². The highest BCUT2D eigenvalue weighted by atomic mass is 19.2. The molecule has 3 nitrogen and oxygen atoms in total. The molecular formula is C19H17F4NO2. The number of rotatable bonds is 5. The quantitative estimate of drug-likeness (QED) is 0.433. The highest BCUT2D eigenvalue weighted by Gasteiger charge is 2.25. The fraction of sp³-hybridized carbons (Fsp3) is 0.211. The van der Waals surface area contributed by atoms with Crippen LogP contribution < -0.4 is 5.32 Å². The zero-order chi connectivity index (χ0) is 19.6. The molecule has 0 aromatic heterocycles. The van der Waals surface area contributed by atoms with Gasteiger partial charge >= 0.3 is 5.97 Å². The average molecular weight is 367 g/mol. The van der Waals surface area contributed by atoms with E-state index in [4.69, 9.17) is 5.11 Å². The van der Waals surface area contributed by atoms with E-state index in [2.05, 4.69) is 5.32 Å². The van der Waals surface area contributed by atoms with Crippen molar-refractivity contribution in [3.8, 4) is 11.1 Å². The van der Waals surface area contributed by atoms with E-state index < -0.39 is 45.9 Å². The number of anilines is 1. The SMILES string of the molecule is C/C(=C\c1c(F)c(F)c(-c2ccc(NC(C)C)cc2)c(F)c1F)C(=O)O. The Labute approximate surface area is 148 Å². The predicted molar refractivity (Wildman–Crippen MR) is 91.8 cm³/mol. The van der Waals surface area contributed by atoms with Crippen LogP contribution in [-0.4, -0.2) is 17.1 Å². The summed E-state index contributed by atoms with van der Waals surface area (Å²) in [5, 5.41) is 11.9. The first kappa shape index (κ1) is 19.5. The topological polar surface area (TPSA) is 49.3 Å². The Morgan fingerprint density at radius 3 is 1.92 bits per heavy atom. The number of carboxylic acids is 1. The molecule has 7 heteroatoms. The standard InChI is InChI=1S/C19H17F4NO2/c1-9(2)24-12-6-4-11(5-7-12)14-17(22)15(20)13(16(21)18(14)23)8-10(3)19(25)26/h4-9,24H,1-3H3,(H,25,26)/b10-8+. The maximum Gasteiger partial charge on any atom is 0.331 e. The van der Waals surface area contributed by atoms with E-state index in [9.17, 15) is 22.4 Å². The van der Waals surface area contributed by atoms with Gasteiger partial charge in [-0.1, -0.05) is 12.1 Å². The predicted octanol–water partition coefficient (Wildman–Crippen LogP) is 5.22. The minimum absolute atomic E-state index is 0.0439. The molecule has 0 spiro atoms. The van der Waals surface area contributed by atoms with E-state index in [1.807, 2.05) is 13.8 Å². The monoisotopic (exact) mass is 367 g/mol. The normalized spacial score (nSPS) is 11.8. The molecule has 138 valence electrons. The summed E-state index contributed by atoms with van der Waals surface area (Å²) in [6, 6.07) is 5.87. The molecule has 26 heavy (non-hydrogen) atoms. The van der Waals surface area contributed by atoms with E-state index >= 15 is 0 Å². The smallest absolute Gasteiger partial charge is 0.331 e. The maximum absolute atomic E-state index is 14.4. The van der Waals surface area contributed by atoms with Crippen LogP contribution in [0.2, 0.25) is 0 Å². The third-order valence-corrected chi connectivity index (χ3v) is 3.62. The third kappa shape index (κ3) is 3.87. The van der Waals surface area contributed by atoms with Crippen molar-refractivity contribution in [2.24, 2.45) is 0 Å². The summed E-state index contributed by atoms with van der Waals surface area (Å²) in [6.07, 6.45) is 0.554. The summed E-state index contributed by atoms with van der Waals surface area (Å²) >= 11 is 0. The molecule has 0 aliphatic heterocycles. The second kappa shape index (κ2) is 7.59. The zero-order valence-corrected chi connectivity index (χ0v) is 14.3. The Balaban J connectivity index is 2.58. The molecule has 2 N–H and O–H groups in total. The van der Waals surface area contributed by atoms with Gasteiger partial charge in [0.05, 0.1) is 11.1 Å². The van der Waals surface area contributed by atoms with Crippen LogP contribution in [0.5, 0.6) is 0 Å². The Kier molecular flexibility index (Phi) is 5.69. The summed E-state index contributed by atoms with van der Waals surface area (Å²) in [5.41, 5.74) is -1.74. The van der Waals surface area contributed by atoms with Gasteiger partial charge in [-0.3, -0.25) is 0 Å². The van der Waals surface area contributed by atoms with E-state index in [0.29, 0.717) is 11.8 Å². The van der Waals surface area contributed by atoms with Gasteiger partial charge in [-0.05, 0) is 44.5 Å². The van der Waals surface area contributed by atoms with Crippen LogP contribution in [0.15, 0.2) is 29.8 Å². The number of carboxylic acid groups (broad SMARTS) is 1. The van der Waals surface area contributed by atoms with Crippen molar-refractivity contribution in [2.45, 2.75) is 26.8 Å². The molecule has 2 rings (SSSR count). The average Bonchev–Trinajstić information content (AvgIpc) is 2.58. The van der Waals surface area contributed by atoms with E-state index in [1.165, 1.54) is 24.3 Å². The van der Waals surface area contributed by atoms with Gasteiger partial charge in [0.15, 0.2) is 23.3 Å². The van der Waals surface area contributed by atoms with Crippen molar-refractivity contribution in [3.63, 3.8) is 0 Å². The fourth-order valence-corrected chi connectivity index (χ4v) is 2.37. The first-order valence-corrected chi connectivity index (χ1v) is 7.78. The molecule has 2 aromatic rings. The first-order chi connectivity index (χ1) is 12.1. The summed E-state index contributed by atoms with van der Waals surface area (Å²) in [4.78, 5) is 10.8. The molecule has 0 atom stereocenters. The minimum Gasteiger partial charge on any atom is -0.478 e. The van der Waals surface area contributed by atoms with Gasteiger partial charge in [0.1, 0.15) is 0 Å². The van der Waals surface area contributed by atoms with Gasteiger partial charge in [0.2, 0.25) is 0 Å². The molecule has 0 heterocycles. The molecule has 0 bridgehead atoms. The van der Waals surface area contributed by atoms with Gasteiger partial charge in [-0.2, -0.15) is 0 Å². The van der Waals surface area contributed by atoms with Crippen LogP contribution in [-0.2, 0) is 4.79 Å². The molecule has 0 radical (unpaired) electrons. The molecule has 0 aliphatic rings. The first-order valence-electron chi connectivity index (χ1n) is 7.78. The van der Waals surface area contributed by atoms with E-state index in [0.717, 1.165) is 6.92 Å². The van der Waals surface area contributed by atoms with Crippen LogP contribution in [0.3, 0.4) is 0 Å². The summed E-state index contributed by atoms with van der Waals surface area (Å²) in [5.74, 6) is -7.93. The molecular weight excluding hydrogens is 350 g/mol. The van der Waals surface area contributed by atoms with Gasteiger partial charge in [0, 0.05) is 17.3 Å². The van der Waals surface area contributed by atoms with Crippen molar-refractivity contribution < 1.29 is 27.5 Å². The molecule has 0 unspecified atom stereocenters. The molecule has 0 amide bonds. The highest BCUT2D eigenvalue weighted by molar-refractivity contribution is 5.91. The Hall–Kier alpha value is -2.83. The lowest BCUT2D eigenvalue weighted by Gasteiger charge is -2.13. The Morgan fingerprint density at radius 2 is 1.50 bits per heavy atom. The van der Waals surface area contributed by atoms with Gasteiger partial charge in [0.25, 0.3) is 0 Å². The lowest BCUT2D eigenvalue weighted by atomic mass is 9.99. The van der Waals surface area contributed by atoms with Crippen molar-refractivity contribution in [2.75, 3.05) is 5.32 Å². The molecule has 0 aliphatic carbocycles. The molecule has 0 saturated carbocycles. The largest absolute Gasteiger partial charge is 0.478 e. The summed E-state index contributed by atoms with van der Waals surface area (Å²) in [6.45, 7) is 4.87. The Bertz CT molecular complexity index is 845. The Morgan fingerprint density at radius 1 is 1.00 bits per heavy atom. The van der Waals surface area contributed by atoms with Gasteiger partial charge in [-0.15, -0.1) is 0 Å².